The molecule has 0 amide bonds. The van der Waals surface area contributed by atoms with Gasteiger partial charge in [-0.25, -0.2) is 0 Å². The summed E-state index contributed by atoms with van der Waals surface area (Å²) in [7, 11) is 0. The minimum Gasteiger partial charge on any atom is -0.396 e. The number of unbranched alkanes of at least 4 members (excludes halogenated alkanes) is 2. The second-order valence-electron chi connectivity index (χ2n) is 7.99. The summed E-state index contributed by atoms with van der Waals surface area (Å²) in [6, 6.07) is 0. The van der Waals surface area contributed by atoms with Crippen LogP contribution < -0.4 is 0 Å². The standard InChI is InChI=1S/C20H36O12/c1-2-10(6-4-3-5-7-21)29-20-18(16(27)14(25)12(9-23)31-20)32-19-17(28)15(26)13(24)11(8-22)30-19/h2,10-28H,1,3-9H2/t10-,11-,12-,13+,14-,15+,16+,17-,18-,19+,20-/m1/s1. The quantitative estimate of drug-likeness (QED) is 0.105. The average Bonchev–Trinajstić information content (AvgIpc) is 2.80. The summed E-state index contributed by atoms with van der Waals surface area (Å²) < 4.78 is 22.3. The maximum Gasteiger partial charge on any atom is 0.187 e. The van der Waals surface area contributed by atoms with Gasteiger partial charge < -0.3 is 59.8 Å². The zero-order valence-corrected chi connectivity index (χ0v) is 17.8. The summed E-state index contributed by atoms with van der Waals surface area (Å²) in [5.74, 6) is 0. The van der Waals surface area contributed by atoms with Crippen LogP contribution in [-0.4, -0.2) is 128 Å². The van der Waals surface area contributed by atoms with Gasteiger partial charge in [0.1, 0.15) is 48.8 Å². The Bertz CT molecular complexity index is 549. The van der Waals surface area contributed by atoms with Crippen molar-refractivity contribution in [2.24, 2.45) is 0 Å². The third kappa shape index (κ3) is 6.65. The Hall–Kier alpha value is -0.740. The molecule has 0 spiro atoms. The lowest BCUT2D eigenvalue weighted by Gasteiger charge is -2.46. The molecule has 0 saturated carbocycles. The van der Waals surface area contributed by atoms with Crippen molar-refractivity contribution < 1.29 is 59.8 Å². The van der Waals surface area contributed by atoms with Crippen LogP contribution in [0.4, 0.5) is 0 Å². The third-order valence-corrected chi connectivity index (χ3v) is 5.68. The zero-order chi connectivity index (χ0) is 23.8. The number of aliphatic hydroxyl groups is 8. The largest absolute Gasteiger partial charge is 0.396 e. The maximum atomic E-state index is 10.6. The van der Waals surface area contributed by atoms with Crippen LogP contribution in [0.5, 0.6) is 0 Å². The van der Waals surface area contributed by atoms with Gasteiger partial charge in [0.2, 0.25) is 0 Å². The van der Waals surface area contributed by atoms with E-state index in [1.165, 1.54) is 6.08 Å². The molecule has 2 rings (SSSR count). The number of ether oxygens (including phenoxy) is 4. The molecule has 8 N–H and O–H groups in total. The number of hydrogen-bond acceptors (Lipinski definition) is 12. The van der Waals surface area contributed by atoms with Gasteiger partial charge in [0.25, 0.3) is 0 Å². The van der Waals surface area contributed by atoms with E-state index >= 15 is 0 Å². The minimum absolute atomic E-state index is 0.0720. The summed E-state index contributed by atoms with van der Waals surface area (Å²) in [4.78, 5) is 0. The fourth-order valence-corrected chi connectivity index (χ4v) is 3.69. The van der Waals surface area contributed by atoms with Crippen LogP contribution in [0.3, 0.4) is 0 Å². The number of hydrogen-bond donors (Lipinski definition) is 8. The lowest BCUT2D eigenvalue weighted by molar-refractivity contribution is -0.370. The van der Waals surface area contributed by atoms with Crippen LogP contribution in [0.1, 0.15) is 25.7 Å². The van der Waals surface area contributed by atoms with Crippen molar-refractivity contribution in [1.82, 2.24) is 0 Å². The molecule has 32 heavy (non-hydrogen) atoms. The lowest BCUT2D eigenvalue weighted by atomic mass is 9.97. The first-order valence-electron chi connectivity index (χ1n) is 10.8. The van der Waals surface area contributed by atoms with Gasteiger partial charge in [-0.15, -0.1) is 6.58 Å². The van der Waals surface area contributed by atoms with Crippen molar-refractivity contribution in [1.29, 1.82) is 0 Å². The van der Waals surface area contributed by atoms with Crippen molar-refractivity contribution >= 4 is 0 Å². The van der Waals surface area contributed by atoms with E-state index in [1.54, 1.807) is 0 Å². The normalized spacial score (nSPS) is 41.4. The fourth-order valence-electron chi connectivity index (χ4n) is 3.69. The third-order valence-electron chi connectivity index (χ3n) is 5.68. The highest BCUT2D eigenvalue weighted by molar-refractivity contribution is 4.94. The molecule has 12 nitrogen and oxygen atoms in total. The monoisotopic (exact) mass is 468 g/mol. The molecule has 2 fully saturated rings. The molecule has 0 aliphatic carbocycles. The molecular formula is C20H36O12. The Balaban J connectivity index is 2.15. The Morgan fingerprint density at radius 2 is 1.34 bits per heavy atom. The Morgan fingerprint density at radius 3 is 1.91 bits per heavy atom. The highest BCUT2D eigenvalue weighted by atomic mass is 16.8. The Kier molecular flexibility index (Phi) is 11.4. The molecule has 0 aromatic heterocycles. The smallest absolute Gasteiger partial charge is 0.187 e. The van der Waals surface area contributed by atoms with E-state index in [4.69, 9.17) is 24.1 Å². The van der Waals surface area contributed by atoms with Gasteiger partial charge in [-0.1, -0.05) is 18.9 Å². The molecule has 2 saturated heterocycles. The highest BCUT2D eigenvalue weighted by Gasteiger charge is 2.51. The van der Waals surface area contributed by atoms with Crippen LogP contribution in [0.25, 0.3) is 0 Å². The maximum absolute atomic E-state index is 10.6. The summed E-state index contributed by atoms with van der Waals surface area (Å²) in [5.41, 5.74) is 0. The van der Waals surface area contributed by atoms with E-state index in [0.29, 0.717) is 19.3 Å². The summed E-state index contributed by atoms with van der Waals surface area (Å²) in [6.07, 6.45) is -11.4. The molecule has 2 heterocycles. The highest BCUT2D eigenvalue weighted by Crippen LogP contribution is 2.30. The van der Waals surface area contributed by atoms with Crippen LogP contribution in [0, 0.1) is 0 Å². The molecule has 0 aromatic rings. The van der Waals surface area contributed by atoms with E-state index in [0.717, 1.165) is 6.42 Å². The van der Waals surface area contributed by atoms with Gasteiger partial charge in [0.15, 0.2) is 12.6 Å². The molecule has 188 valence electrons. The molecule has 0 aromatic carbocycles. The van der Waals surface area contributed by atoms with Crippen molar-refractivity contribution in [3.8, 4) is 0 Å². The Labute approximate surface area is 186 Å². The molecule has 2 aliphatic rings. The molecular weight excluding hydrogens is 432 g/mol. The van der Waals surface area contributed by atoms with Crippen molar-refractivity contribution in [2.45, 2.75) is 93.2 Å². The van der Waals surface area contributed by atoms with E-state index in [2.05, 4.69) is 6.58 Å². The van der Waals surface area contributed by atoms with E-state index < -0.39 is 80.7 Å². The van der Waals surface area contributed by atoms with E-state index in [-0.39, 0.29) is 6.61 Å². The molecule has 0 bridgehead atoms. The first-order valence-corrected chi connectivity index (χ1v) is 10.8. The van der Waals surface area contributed by atoms with Gasteiger partial charge >= 0.3 is 0 Å². The van der Waals surface area contributed by atoms with Crippen molar-refractivity contribution in [2.75, 3.05) is 19.8 Å². The zero-order valence-electron chi connectivity index (χ0n) is 17.8. The number of rotatable bonds is 12. The first-order chi connectivity index (χ1) is 15.3. The Morgan fingerprint density at radius 1 is 0.750 bits per heavy atom. The van der Waals surface area contributed by atoms with Crippen LogP contribution in [0.15, 0.2) is 12.7 Å². The van der Waals surface area contributed by atoms with Crippen LogP contribution >= 0.6 is 0 Å². The predicted octanol–water partition coefficient (Wildman–Crippen LogP) is -3.27. The molecule has 0 radical (unpaired) electrons. The second kappa shape index (κ2) is 13.2. The second-order valence-corrected chi connectivity index (χ2v) is 7.99. The van der Waals surface area contributed by atoms with Gasteiger partial charge in [-0.3, -0.25) is 0 Å². The SMILES string of the molecule is C=C[C@H](CCCCCO)O[C@@H]1O[C@H](CO)[C@@H](O)[C@H](O)[C@H]1O[C@@H]1O[C@H](CO)[C@H](O)[C@H](O)[C@H]1O. The van der Waals surface area contributed by atoms with Crippen molar-refractivity contribution in [3.63, 3.8) is 0 Å². The summed E-state index contributed by atoms with van der Waals surface area (Å²) in [5, 5.41) is 78.7. The fraction of sp³-hybridized carbons (Fsp3) is 0.900. The van der Waals surface area contributed by atoms with Gasteiger partial charge in [-0.2, -0.15) is 0 Å². The van der Waals surface area contributed by atoms with Crippen molar-refractivity contribution in [3.05, 3.63) is 12.7 Å². The molecule has 0 unspecified atom stereocenters. The lowest BCUT2D eigenvalue weighted by Crippen LogP contribution is -2.64. The average molecular weight is 468 g/mol. The van der Waals surface area contributed by atoms with E-state index in [1.807, 2.05) is 0 Å². The molecule has 2 aliphatic heterocycles. The number of aliphatic hydroxyl groups excluding tert-OH is 8. The van der Waals surface area contributed by atoms with Gasteiger partial charge in [0, 0.05) is 6.61 Å². The summed E-state index contributed by atoms with van der Waals surface area (Å²) >= 11 is 0. The van der Waals surface area contributed by atoms with Gasteiger partial charge in [-0.05, 0) is 12.8 Å². The van der Waals surface area contributed by atoms with Gasteiger partial charge in [0.05, 0.1) is 19.3 Å². The molecule has 11 atom stereocenters. The van der Waals surface area contributed by atoms with Crippen LogP contribution in [-0.2, 0) is 18.9 Å². The minimum atomic E-state index is -1.73. The predicted molar refractivity (Wildman–Crippen MR) is 107 cm³/mol. The first kappa shape index (κ1) is 27.5. The van der Waals surface area contributed by atoms with Crippen LogP contribution in [0.2, 0.25) is 0 Å². The summed E-state index contributed by atoms with van der Waals surface area (Å²) in [6.45, 7) is 2.50. The van der Waals surface area contributed by atoms with E-state index in [9.17, 15) is 35.7 Å². The topological polar surface area (TPSA) is 199 Å². The molecule has 12 heteroatoms.